The van der Waals surface area contributed by atoms with Gasteiger partial charge in [-0.15, -0.1) is 0 Å². The smallest absolute Gasteiger partial charge is 0.184 e. The Morgan fingerprint density at radius 2 is 2.19 bits per heavy atom. The summed E-state index contributed by atoms with van der Waals surface area (Å²) < 4.78 is 32.1. The third-order valence-corrected chi connectivity index (χ3v) is 2.66. The van der Waals surface area contributed by atoms with E-state index in [9.17, 15) is 8.78 Å². The minimum Gasteiger partial charge on any atom is -0.397 e. The SMILES string of the molecule is CC1CN(c2c(N)ccc(F)c2F)CCO1. The molecule has 3 nitrogen and oxygen atoms in total. The van der Waals surface area contributed by atoms with Crippen molar-refractivity contribution in [1.29, 1.82) is 0 Å². The molecular formula is C11H14F2N2O. The van der Waals surface area contributed by atoms with Crippen molar-refractivity contribution < 1.29 is 13.5 Å². The quantitative estimate of drug-likeness (QED) is 0.744. The van der Waals surface area contributed by atoms with Crippen LogP contribution in [0.4, 0.5) is 20.2 Å². The summed E-state index contributed by atoms with van der Waals surface area (Å²) in [4.78, 5) is 1.72. The average molecular weight is 228 g/mol. The molecule has 1 aliphatic rings. The van der Waals surface area contributed by atoms with Crippen molar-refractivity contribution in [2.24, 2.45) is 0 Å². The van der Waals surface area contributed by atoms with Crippen LogP contribution in [0.15, 0.2) is 12.1 Å². The van der Waals surface area contributed by atoms with E-state index < -0.39 is 11.6 Å². The first kappa shape index (κ1) is 11.1. The van der Waals surface area contributed by atoms with Crippen LogP contribution in [0, 0.1) is 11.6 Å². The van der Waals surface area contributed by atoms with Gasteiger partial charge in [-0.25, -0.2) is 8.78 Å². The van der Waals surface area contributed by atoms with Crippen LogP contribution in [0.25, 0.3) is 0 Å². The molecule has 1 aromatic rings. The van der Waals surface area contributed by atoms with E-state index in [2.05, 4.69) is 0 Å². The second-order valence-corrected chi connectivity index (χ2v) is 3.93. The van der Waals surface area contributed by atoms with Crippen LogP contribution in [0.3, 0.4) is 0 Å². The van der Waals surface area contributed by atoms with Crippen molar-refractivity contribution in [3.8, 4) is 0 Å². The number of hydrogen-bond donors (Lipinski definition) is 1. The van der Waals surface area contributed by atoms with Crippen LogP contribution < -0.4 is 10.6 Å². The van der Waals surface area contributed by atoms with Crippen molar-refractivity contribution >= 4 is 11.4 Å². The molecule has 1 aromatic carbocycles. The Hall–Kier alpha value is -1.36. The summed E-state index contributed by atoms with van der Waals surface area (Å²) in [6.45, 7) is 3.43. The van der Waals surface area contributed by atoms with Crippen molar-refractivity contribution in [2.45, 2.75) is 13.0 Å². The molecule has 5 heteroatoms. The Morgan fingerprint density at radius 1 is 1.44 bits per heavy atom. The topological polar surface area (TPSA) is 38.5 Å². The van der Waals surface area contributed by atoms with Gasteiger partial charge in [-0.3, -0.25) is 0 Å². The summed E-state index contributed by atoms with van der Waals surface area (Å²) in [6, 6.07) is 2.42. The first-order chi connectivity index (χ1) is 7.59. The molecule has 88 valence electrons. The van der Waals surface area contributed by atoms with Gasteiger partial charge in [0, 0.05) is 13.1 Å². The lowest BCUT2D eigenvalue weighted by atomic mass is 10.2. The van der Waals surface area contributed by atoms with E-state index in [-0.39, 0.29) is 17.5 Å². The molecule has 0 radical (unpaired) electrons. The molecule has 0 bridgehead atoms. The van der Waals surface area contributed by atoms with E-state index in [1.807, 2.05) is 6.92 Å². The van der Waals surface area contributed by atoms with Gasteiger partial charge in [0.25, 0.3) is 0 Å². The number of benzene rings is 1. The highest BCUT2D eigenvalue weighted by Gasteiger charge is 2.23. The fourth-order valence-electron chi connectivity index (χ4n) is 1.90. The molecule has 0 aromatic heterocycles. The van der Waals surface area contributed by atoms with Gasteiger partial charge in [-0.1, -0.05) is 0 Å². The number of nitrogen functional groups attached to an aromatic ring is 1. The van der Waals surface area contributed by atoms with Crippen molar-refractivity contribution in [2.75, 3.05) is 30.3 Å². The number of nitrogens with zero attached hydrogens (tertiary/aromatic N) is 1. The normalized spacial score (nSPS) is 21.2. The molecule has 2 rings (SSSR count). The van der Waals surface area contributed by atoms with Crippen LogP contribution in [0.1, 0.15) is 6.92 Å². The summed E-state index contributed by atoms with van der Waals surface area (Å²) >= 11 is 0. The van der Waals surface area contributed by atoms with E-state index in [0.717, 1.165) is 6.07 Å². The standard InChI is InChI=1S/C11H14F2N2O/c1-7-6-15(4-5-16-7)11-9(14)3-2-8(12)10(11)13/h2-3,7H,4-6,14H2,1H3. The van der Waals surface area contributed by atoms with Gasteiger partial charge in [0.15, 0.2) is 11.6 Å². The molecule has 0 spiro atoms. The predicted molar refractivity (Wildman–Crippen MR) is 58.4 cm³/mol. The Bertz CT molecular complexity index is 398. The van der Waals surface area contributed by atoms with Gasteiger partial charge >= 0.3 is 0 Å². The lowest BCUT2D eigenvalue weighted by Crippen LogP contribution is -2.42. The zero-order valence-electron chi connectivity index (χ0n) is 9.04. The maximum Gasteiger partial charge on any atom is 0.184 e. The maximum absolute atomic E-state index is 13.6. The van der Waals surface area contributed by atoms with Gasteiger partial charge in [0.05, 0.1) is 24.1 Å². The lowest BCUT2D eigenvalue weighted by Gasteiger charge is -2.33. The number of halogens is 2. The molecule has 1 fully saturated rings. The average Bonchev–Trinajstić information content (AvgIpc) is 2.24. The number of anilines is 2. The molecule has 1 unspecified atom stereocenters. The first-order valence-electron chi connectivity index (χ1n) is 5.19. The number of morpholine rings is 1. The van der Waals surface area contributed by atoms with E-state index in [4.69, 9.17) is 10.5 Å². The van der Waals surface area contributed by atoms with Gasteiger partial charge in [-0.2, -0.15) is 0 Å². The highest BCUT2D eigenvalue weighted by atomic mass is 19.2. The summed E-state index contributed by atoms with van der Waals surface area (Å²) in [6.07, 6.45) is -0.00387. The van der Waals surface area contributed by atoms with E-state index in [0.29, 0.717) is 19.7 Å². The molecule has 0 aliphatic carbocycles. The lowest BCUT2D eigenvalue weighted by molar-refractivity contribution is 0.0530. The van der Waals surface area contributed by atoms with Gasteiger partial charge in [0.1, 0.15) is 0 Å². The summed E-state index contributed by atoms with van der Waals surface area (Å²) in [5, 5.41) is 0. The third kappa shape index (κ3) is 1.95. The van der Waals surface area contributed by atoms with Crippen LogP contribution >= 0.6 is 0 Å². The van der Waals surface area contributed by atoms with E-state index >= 15 is 0 Å². The van der Waals surface area contributed by atoms with E-state index in [1.54, 1.807) is 4.90 Å². The first-order valence-corrected chi connectivity index (χ1v) is 5.19. The Morgan fingerprint density at radius 3 is 2.88 bits per heavy atom. The molecule has 16 heavy (non-hydrogen) atoms. The number of hydrogen-bond acceptors (Lipinski definition) is 3. The Balaban J connectivity index is 2.35. The zero-order chi connectivity index (χ0) is 11.7. The molecule has 2 N–H and O–H groups in total. The monoisotopic (exact) mass is 228 g/mol. The fourth-order valence-corrected chi connectivity index (χ4v) is 1.90. The highest BCUT2D eigenvalue weighted by Crippen LogP contribution is 2.29. The molecule has 1 aliphatic heterocycles. The predicted octanol–water partition coefficient (Wildman–Crippen LogP) is 1.77. The van der Waals surface area contributed by atoms with Gasteiger partial charge < -0.3 is 15.4 Å². The van der Waals surface area contributed by atoms with Crippen LogP contribution in [0.5, 0.6) is 0 Å². The second kappa shape index (κ2) is 4.25. The molecule has 0 saturated carbocycles. The zero-order valence-corrected chi connectivity index (χ0v) is 9.04. The second-order valence-electron chi connectivity index (χ2n) is 3.93. The van der Waals surface area contributed by atoms with Crippen LogP contribution in [-0.2, 0) is 4.74 Å². The number of nitrogens with two attached hydrogens (primary N) is 1. The minimum absolute atomic E-state index is 0.00387. The molecular weight excluding hydrogens is 214 g/mol. The summed E-state index contributed by atoms with van der Waals surface area (Å²) in [5.74, 6) is -1.75. The summed E-state index contributed by atoms with van der Waals surface area (Å²) in [5.41, 5.74) is 6.08. The number of rotatable bonds is 1. The van der Waals surface area contributed by atoms with Gasteiger partial charge in [-0.05, 0) is 19.1 Å². The molecule has 1 saturated heterocycles. The van der Waals surface area contributed by atoms with Crippen LogP contribution in [-0.4, -0.2) is 25.8 Å². The number of ether oxygens (including phenoxy) is 1. The summed E-state index contributed by atoms with van der Waals surface area (Å²) in [7, 11) is 0. The van der Waals surface area contributed by atoms with Crippen molar-refractivity contribution in [1.82, 2.24) is 0 Å². The van der Waals surface area contributed by atoms with Crippen LogP contribution in [0.2, 0.25) is 0 Å². The van der Waals surface area contributed by atoms with Crippen molar-refractivity contribution in [3.05, 3.63) is 23.8 Å². The van der Waals surface area contributed by atoms with E-state index in [1.165, 1.54) is 6.07 Å². The van der Waals surface area contributed by atoms with Crippen molar-refractivity contribution in [3.63, 3.8) is 0 Å². The molecule has 0 amide bonds. The molecule has 1 heterocycles. The Kier molecular flexibility index (Phi) is 2.96. The fraction of sp³-hybridized carbons (Fsp3) is 0.455. The Labute approximate surface area is 92.8 Å². The largest absolute Gasteiger partial charge is 0.397 e. The van der Waals surface area contributed by atoms with Gasteiger partial charge in [0.2, 0.25) is 0 Å². The minimum atomic E-state index is -0.880. The molecule has 1 atom stereocenters. The highest BCUT2D eigenvalue weighted by molar-refractivity contribution is 5.68. The maximum atomic E-state index is 13.6. The third-order valence-electron chi connectivity index (χ3n) is 2.66.